The van der Waals surface area contributed by atoms with Gasteiger partial charge in [0.25, 0.3) is 0 Å². The van der Waals surface area contributed by atoms with Crippen molar-refractivity contribution in [2.75, 3.05) is 13.9 Å². The van der Waals surface area contributed by atoms with Gasteiger partial charge in [-0.3, -0.25) is 4.98 Å². The first kappa shape index (κ1) is 11.0. The van der Waals surface area contributed by atoms with Crippen molar-refractivity contribution < 1.29 is 19.5 Å². The molecule has 1 aromatic heterocycles. The first-order chi connectivity index (χ1) is 6.66. The molecular weight excluding hydrogens is 185 g/mol. The van der Waals surface area contributed by atoms with Gasteiger partial charge in [-0.25, -0.2) is 0 Å². The number of hydrogen-bond donors (Lipinski definition) is 2. The fourth-order valence-electron chi connectivity index (χ4n) is 1.05. The average Bonchev–Trinajstić information content (AvgIpc) is 2.16. The highest BCUT2D eigenvalue weighted by Crippen LogP contribution is 2.13. The number of pyridine rings is 1. The summed E-state index contributed by atoms with van der Waals surface area (Å²) in [5, 5.41) is 18.0. The van der Waals surface area contributed by atoms with E-state index in [-0.39, 0.29) is 6.79 Å². The zero-order chi connectivity index (χ0) is 10.6. The van der Waals surface area contributed by atoms with Crippen molar-refractivity contribution in [1.82, 2.24) is 4.98 Å². The Morgan fingerprint density at radius 2 is 2.14 bits per heavy atom. The van der Waals surface area contributed by atoms with Crippen LogP contribution >= 0.6 is 0 Å². The maximum absolute atomic E-state index is 8.98. The molecule has 0 saturated carbocycles. The van der Waals surface area contributed by atoms with E-state index < -0.39 is 7.12 Å². The van der Waals surface area contributed by atoms with Crippen LogP contribution in [0.1, 0.15) is 5.56 Å². The minimum Gasteiger partial charge on any atom is -0.466 e. The third-order valence-electron chi connectivity index (χ3n) is 1.82. The van der Waals surface area contributed by atoms with Gasteiger partial charge in [-0.05, 0) is 12.5 Å². The summed E-state index contributed by atoms with van der Waals surface area (Å²) in [6.07, 6.45) is 2.89. The van der Waals surface area contributed by atoms with E-state index in [4.69, 9.17) is 19.5 Å². The second kappa shape index (κ2) is 4.95. The lowest BCUT2D eigenvalue weighted by atomic mass is 9.78. The molecule has 1 rings (SSSR count). The van der Waals surface area contributed by atoms with E-state index in [2.05, 4.69) is 4.98 Å². The molecule has 1 aromatic rings. The van der Waals surface area contributed by atoms with E-state index in [1.165, 1.54) is 19.5 Å². The number of hydrogen-bond acceptors (Lipinski definition) is 5. The quantitative estimate of drug-likeness (QED) is 0.481. The molecule has 0 radical (unpaired) electrons. The molecule has 0 saturated heterocycles. The molecule has 6 heteroatoms. The van der Waals surface area contributed by atoms with Gasteiger partial charge in [0, 0.05) is 18.8 Å². The molecule has 14 heavy (non-hydrogen) atoms. The summed E-state index contributed by atoms with van der Waals surface area (Å²) in [6, 6.07) is 0. The Kier molecular flexibility index (Phi) is 3.88. The molecule has 0 spiro atoms. The molecule has 0 aliphatic rings. The Balaban J connectivity index is 2.89. The third kappa shape index (κ3) is 2.44. The van der Waals surface area contributed by atoms with Crippen molar-refractivity contribution in [3.63, 3.8) is 0 Å². The zero-order valence-corrected chi connectivity index (χ0v) is 8.10. The molecule has 76 valence electrons. The van der Waals surface area contributed by atoms with Gasteiger partial charge in [-0.2, -0.15) is 0 Å². The fourth-order valence-corrected chi connectivity index (χ4v) is 1.05. The molecule has 0 unspecified atom stereocenters. The van der Waals surface area contributed by atoms with Gasteiger partial charge in [0.2, 0.25) is 0 Å². The molecule has 0 fully saturated rings. The number of aromatic nitrogens is 1. The normalized spacial score (nSPS) is 10.0. The van der Waals surface area contributed by atoms with Crippen molar-refractivity contribution in [2.45, 2.75) is 6.92 Å². The van der Waals surface area contributed by atoms with Crippen molar-refractivity contribution >= 4 is 12.6 Å². The monoisotopic (exact) mass is 197 g/mol. The minimum absolute atomic E-state index is 0.105. The topological polar surface area (TPSA) is 71.8 Å². The van der Waals surface area contributed by atoms with Crippen LogP contribution < -0.4 is 10.2 Å². The summed E-state index contributed by atoms with van der Waals surface area (Å²) in [6.45, 7) is 1.83. The van der Waals surface area contributed by atoms with Gasteiger partial charge in [-0.15, -0.1) is 0 Å². The Bertz CT molecular complexity index is 305. The maximum Gasteiger partial charge on any atom is 0.490 e. The van der Waals surface area contributed by atoms with Crippen LogP contribution in [0.4, 0.5) is 0 Å². The summed E-state index contributed by atoms with van der Waals surface area (Å²) < 4.78 is 9.90. The van der Waals surface area contributed by atoms with E-state index in [1.807, 2.05) is 0 Å². The highest BCUT2D eigenvalue weighted by Gasteiger charge is 2.16. The standard InChI is InChI=1S/C8H12BNO4/c1-6-7(9(11)12)3-10-4-8(6)14-5-13-2/h3-4,11-12H,5H2,1-2H3. The maximum atomic E-state index is 8.98. The summed E-state index contributed by atoms with van der Waals surface area (Å²) in [5.74, 6) is 0.484. The van der Waals surface area contributed by atoms with E-state index >= 15 is 0 Å². The van der Waals surface area contributed by atoms with Gasteiger partial charge in [0.15, 0.2) is 6.79 Å². The van der Waals surface area contributed by atoms with Crippen molar-refractivity contribution in [2.24, 2.45) is 0 Å². The Hall–Kier alpha value is -1.11. The molecule has 2 N–H and O–H groups in total. The van der Waals surface area contributed by atoms with Crippen molar-refractivity contribution in [1.29, 1.82) is 0 Å². The molecule has 0 atom stereocenters. The number of ether oxygens (including phenoxy) is 2. The van der Waals surface area contributed by atoms with Gasteiger partial charge in [0.05, 0.1) is 6.20 Å². The van der Waals surface area contributed by atoms with E-state index in [0.29, 0.717) is 16.8 Å². The van der Waals surface area contributed by atoms with Crippen LogP contribution in [0.15, 0.2) is 12.4 Å². The van der Waals surface area contributed by atoms with Crippen LogP contribution in [-0.2, 0) is 4.74 Å². The smallest absolute Gasteiger partial charge is 0.466 e. The van der Waals surface area contributed by atoms with E-state index in [9.17, 15) is 0 Å². The second-order valence-electron chi connectivity index (χ2n) is 2.78. The van der Waals surface area contributed by atoms with Crippen LogP contribution in [0.3, 0.4) is 0 Å². The zero-order valence-electron chi connectivity index (χ0n) is 8.10. The first-order valence-electron chi connectivity index (χ1n) is 4.09. The van der Waals surface area contributed by atoms with Crippen LogP contribution in [0.5, 0.6) is 5.75 Å². The summed E-state index contributed by atoms with van der Waals surface area (Å²) in [5.41, 5.74) is 0.977. The van der Waals surface area contributed by atoms with Crippen LogP contribution in [-0.4, -0.2) is 36.1 Å². The minimum atomic E-state index is -1.53. The third-order valence-corrected chi connectivity index (χ3v) is 1.82. The summed E-state index contributed by atoms with van der Waals surface area (Å²) >= 11 is 0. The Morgan fingerprint density at radius 1 is 1.43 bits per heavy atom. The van der Waals surface area contributed by atoms with Gasteiger partial charge < -0.3 is 19.5 Å². The second-order valence-corrected chi connectivity index (χ2v) is 2.78. The highest BCUT2D eigenvalue weighted by molar-refractivity contribution is 6.59. The summed E-state index contributed by atoms with van der Waals surface area (Å²) in [4.78, 5) is 3.82. The average molecular weight is 197 g/mol. The number of methoxy groups -OCH3 is 1. The summed E-state index contributed by atoms with van der Waals surface area (Å²) in [7, 11) is -0.0263. The Labute approximate surface area is 82.5 Å². The van der Waals surface area contributed by atoms with E-state index in [1.54, 1.807) is 6.92 Å². The molecule has 0 aliphatic heterocycles. The largest absolute Gasteiger partial charge is 0.490 e. The first-order valence-corrected chi connectivity index (χ1v) is 4.09. The molecule has 0 bridgehead atoms. The van der Waals surface area contributed by atoms with Crippen LogP contribution in [0, 0.1) is 6.92 Å². The molecule has 5 nitrogen and oxygen atoms in total. The predicted octanol–water partition coefficient (Wildman–Crippen LogP) is -0.947. The van der Waals surface area contributed by atoms with Crippen molar-refractivity contribution in [3.8, 4) is 5.75 Å². The molecule has 0 amide bonds. The highest BCUT2D eigenvalue weighted by atomic mass is 16.7. The lowest BCUT2D eigenvalue weighted by Crippen LogP contribution is -2.32. The SMILES string of the molecule is COCOc1cncc(B(O)O)c1C. The molecule has 0 aliphatic carbocycles. The number of nitrogens with zero attached hydrogens (tertiary/aromatic N) is 1. The van der Waals surface area contributed by atoms with Gasteiger partial charge in [-0.1, -0.05) is 0 Å². The lowest BCUT2D eigenvalue weighted by molar-refractivity contribution is 0.0504. The van der Waals surface area contributed by atoms with Crippen molar-refractivity contribution in [3.05, 3.63) is 18.0 Å². The Morgan fingerprint density at radius 3 is 2.71 bits per heavy atom. The van der Waals surface area contributed by atoms with E-state index in [0.717, 1.165) is 0 Å². The van der Waals surface area contributed by atoms with Gasteiger partial charge >= 0.3 is 7.12 Å². The van der Waals surface area contributed by atoms with Gasteiger partial charge in [0.1, 0.15) is 5.75 Å². The van der Waals surface area contributed by atoms with Crippen LogP contribution in [0.2, 0.25) is 0 Å². The van der Waals surface area contributed by atoms with Crippen LogP contribution in [0.25, 0.3) is 0 Å². The molecule has 1 heterocycles. The molecule has 0 aromatic carbocycles. The molecular formula is C8H12BNO4. The lowest BCUT2D eigenvalue weighted by Gasteiger charge is -2.10. The predicted molar refractivity (Wildman–Crippen MR) is 51.3 cm³/mol. The fraction of sp³-hybridized carbons (Fsp3) is 0.375. The number of rotatable bonds is 4.